The third-order valence-corrected chi connectivity index (χ3v) is 2.26. The molecular weight excluding hydrogens is 206 g/mol. The van der Waals surface area contributed by atoms with E-state index in [0.29, 0.717) is 11.3 Å². The van der Waals surface area contributed by atoms with Crippen LogP contribution < -0.4 is 10.1 Å². The minimum absolute atomic E-state index is 0.274. The van der Waals surface area contributed by atoms with Gasteiger partial charge in [-0.1, -0.05) is 12.1 Å². The van der Waals surface area contributed by atoms with E-state index in [4.69, 9.17) is 10.00 Å². The van der Waals surface area contributed by atoms with Crippen molar-refractivity contribution >= 4 is 16.9 Å². The number of fused-ring (bicyclic) bond motifs is 1. The molecule has 0 unspecified atom stereocenters. The van der Waals surface area contributed by atoms with Gasteiger partial charge in [-0.3, -0.25) is 4.57 Å². The number of aromatic nitrogens is 1. The number of carbonyl (C=O) groups is 1. The van der Waals surface area contributed by atoms with Crippen molar-refractivity contribution in [3.05, 3.63) is 30.5 Å². The molecule has 0 radical (unpaired) electrons. The van der Waals surface area contributed by atoms with E-state index in [1.807, 2.05) is 12.1 Å². The number of carbonyl (C=O) groups excluding carboxylic acids is 1. The number of ether oxygens (including phenoxy) is 1. The molecule has 1 heterocycles. The van der Waals surface area contributed by atoms with E-state index >= 15 is 0 Å². The molecular formula is C11H9N3O2. The quantitative estimate of drug-likeness (QED) is 0.736. The van der Waals surface area contributed by atoms with Crippen LogP contribution in [0, 0.1) is 11.5 Å². The van der Waals surface area contributed by atoms with Crippen molar-refractivity contribution in [2.24, 2.45) is 0 Å². The molecule has 5 heteroatoms. The molecule has 0 spiro atoms. The van der Waals surface area contributed by atoms with Gasteiger partial charge in [0.1, 0.15) is 0 Å². The van der Waals surface area contributed by atoms with Gasteiger partial charge >= 0.3 is 6.03 Å². The van der Waals surface area contributed by atoms with Crippen molar-refractivity contribution in [3.8, 4) is 12.0 Å². The average Bonchev–Trinajstić information content (AvgIpc) is 2.68. The molecule has 80 valence electrons. The lowest BCUT2D eigenvalue weighted by Gasteiger charge is -2.00. The van der Waals surface area contributed by atoms with Crippen molar-refractivity contribution in [2.45, 2.75) is 0 Å². The van der Waals surface area contributed by atoms with Gasteiger partial charge in [0.25, 0.3) is 6.26 Å². The van der Waals surface area contributed by atoms with E-state index in [1.54, 1.807) is 25.4 Å². The Balaban J connectivity index is 2.67. The molecule has 2 rings (SSSR count). The van der Waals surface area contributed by atoms with Crippen LogP contribution >= 0.6 is 0 Å². The summed E-state index contributed by atoms with van der Waals surface area (Å²) in [5.41, 5.74) is 0.701. The van der Waals surface area contributed by atoms with Crippen LogP contribution in [0.5, 0.6) is 5.75 Å². The van der Waals surface area contributed by atoms with E-state index < -0.39 is 0 Å². The number of hydrogen-bond donors (Lipinski definition) is 1. The monoisotopic (exact) mass is 215 g/mol. The lowest BCUT2D eigenvalue weighted by Crippen LogP contribution is -2.23. The zero-order valence-corrected chi connectivity index (χ0v) is 8.60. The fourth-order valence-electron chi connectivity index (χ4n) is 1.57. The Kier molecular flexibility index (Phi) is 2.48. The summed E-state index contributed by atoms with van der Waals surface area (Å²) in [4.78, 5) is 11.6. The van der Waals surface area contributed by atoms with E-state index in [1.165, 1.54) is 10.8 Å². The normalized spacial score (nSPS) is 9.75. The SMILES string of the molecule is CNC(=O)n1cc(OC#N)c2ccccc21. The fraction of sp³-hybridized carbons (Fsp3) is 0.0909. The lowest BCUT2D eigenvalue weighted by molar-refractivity contribution is 0.245. The first-order valence-electron chi connectivity index (χ1n) is 4.66. The van der Waals surface area contributed by atoms with Crippen LogP contribution in [0.1, 0.15) is 0 Å². The number of hydrogen-bond acceptors (Lipinski definition) is 3. The second-order valence-electron chi connectivity index (χ2n) is 3.13. The molecule has 0 fully saturated rings. The van der Waals surface area contributed by atoms with Crippen molar-refractivity contribution in [3.63, 3.8) is 0 Å². The molecule has 1 amide bonds. The standard InChI is InChI=1S/C11H9N3O2/c1-13-11(15)14-6-10(16-7-12)8-4-2-3-5-9(8)14/h2-6H,1H3,(H,13,15). The summed E-state index contributed by atoms with van der Waals surface area (Å²) >= 11 is 0. The summed E-state index contributed by atoms with van der Waals surface area (Å²) < 4.78 is 6.20. The van der Waals surface area contributed by atoms with Crippen molar-refractivity contribution in [2.75, 3.05) is 7.05 Å². The molecule has 0 aliphatic carbocycles. The van der Waals surface area contributed by atoms with Crippen LogP contribution in [0.4, 0.5) is 4.79 Å². The third kappa shape index (κ3) is 1.46. The molecule has 2 aromatic rings. The van der Waals surface area contributed by atoms with Crippen molar-refractivity contribution < 1.29 is 9.53 Å². The number of nitriles is 1. The van der Waals surface area contributed by atoms with Crippen LogP contribution in [0.2, 0.25) is 0 Å². The molecule has 16 heavy (non-hydrogen) atoms. The Bertz CT molecular complexity index is 580. The number of amides is 1. The first-order chi connectivity index (χ1) is 7.77. The second-order valence-corrected chi connectivity index (χ2v) is 3.13. The van der Waals surface area contributed by atoms with Gasteiger partial charge < -0.3 is 10.1 Å². The lowest BCUT2D eigenvalue weighted by atomic mass is 10.2. The molecule has 1 N–H and O–H groups in total. The van der Waals surface area contributed by atoms with Gasteiger partial charge in [-0.25, -0.2) is 4.79 Å². The number of nitrogens with zero attached hydrogens (tertiary/aromatic N) is 2. The highest BCUT2D eigenvalue weighted by molar-refractivity contribution is 5.95. The van der Waals surface area contributed by atoms with E-state index in [9.17, 15) is 4.79 Å². The summed E-state index contributed by atoms with van der Waals surface area (Å²) in [7, 11) is 1.54. The minimum Gasteiger partial charge on any atom is -0.386 e. The van der Waals surface area contributed by atoms with Gasteiger partial charge in [0.15, 0.2) is 5.75 Å². The maximum absolute atomic E-state index is 11.6. The van der Waals surface area contributed by atoms with Gasteiger partial charge in [-0.05, 0) is 12.1 Å². The van der Waals surface area contributed by atoms with E-state index in [2.05, 4.69) is 5.32 Å². The van der Waals surface area contributed by atoms with Crippen molar-refractivity contribution in [1.29, 1.82) is 5.26 Å². The molecule has 0 bridgehead atoms. The first kappa shape index (κ1) is 10.1. The molecule has 1 aromatic carbocycles. The highest BCUT2D eigenvalue weighted by Gasteiger charge is 2.12. The predicted molar refractivity (Wildman–Crippen MR) is 58.0 cm³/mol. The Hall–Kier alpha value is -2.48. The van der Waals surface area contributed by atoms with Crippen molar-refractivity contribution in [1.82, 2.24) is 9.88 Å². The Morgan fingerprint density at radius 1 is 1.50 bits per heavy atom. The molecule has 0 atom stereocenters. The van der Waals surface area contributed by atoms with Crippen LogP contribution in [0.25, 0.3) is 10.9 Å². The van der Waals surface area contributed by atoms with Gasteiger partial charge in [-0.2, -0.15) is 0 Å². The Morgan fingerprint density at radius 2 is 2.25 bits per heavy atom. The highest BCUT2D eigenvalue weighted by Crippen LogP contribution is 2.27. The van der Waals surface area contributed by atoms with E-state index in [-0.39, 0.29) is 6.03 Å². The fourth-order valence-corrected chi connectivity index (χ4v) is 1.57. The number of rotatable bonds is 1. The topological polar surface area (TPSA) is 67.1 Å². The molecule has 0 saturated carbocycles. The zero-order chi connectivity index (χ0) is 11.5. The summed E-state index contributed by atoms with van der Waals surface area (Å²) in [6.07, 6.45) is 3.09. The second kappa shape index (κ2) is 3.95. The summed E-state index contributed by atoms with van der Waals surface area (Å²) in [5.74, 6) is 0.377. The number of benzene rings is 1. The molecule has 5 nitrogen and oxygen atoms in total. The summed E-state index contributed by atoms with van der Waals surface area (Å²) in [6.45, 7) is 0. The maximum atomic E-state index is 11.6. The Morgan fingerprint density at radius 3 is 2.94 bits per heavy atom. The molecule has 0 aliphatic heterocycles. The smallest absolute Gasteiger partial charge is 0.325 e. The summed E-state index contributed by atoms with van der Waals surface area (Å²) in [6, 6.07) is 6.94. The first-order valence-corrected chi connectivity index (χ1v) is 4.66. The van der Waals surface area contributed by atoms with Crippen LogP contribution in [-0.2, 0) is 0 Å². The number of nitrogens with one attached hydrogen (secondary N) is 1. The van der Waals surface area contributed by atoms with Crippen LogP contribution in [0.3, 0.4) is 0 Å². The largest absolute Gasteiger partial charge is 0.386 e. The summed E-state index contributed by atoms with van der Waals surface area (Å²) in [5, 5.41) is 11.7. The molecule has 0 aliphatic rings. The van der Waals surface area contributed by atoms with Crippen LogP contribution in [-0.4, -0.2) is 17.6 Å². The van der Waals surface area contributed by atoms with Gasteiger partial charge in [0, 0.05) is 12.4 Å². The minimum atomic E-state index is -0.274. The zero-order valence-electron chi connectivity index (χ0n) is 8.60. The van der Waals surface area contributed by atoms with E-state index in [0.717, 1.165) is 5.39 Å². The number of para-hydroxylation sites is 1. The van der Waals surface area contributed by atoms with Gasteiger partial charge in [0.05, 0.1) is 11.7 Å². The van der Waals surface area contributed by atoms with Crippen LogP contribution in [0.15, 0.2) is 30.5 Å². The Labute approximate surface area is 91.8 Å². The molecule has 0 saturated heterocycles. The average molecular weight is 215 g/mol. The third-order valence-electron chi connectivity index (χ3n) is 2.26. The highest BCUT2D eigenvalue weighted by atomic mass is 16.5. The maximum Gasteiger partial charge on any atom is 0.325 e. The molecule has 1 aromatic heterocycles. The van der Waals surface area contributed by atoms with Gasteiger partial charge in [0.2, 0.25) is 0 Å². The predicted octanol–water partition coefficient (Wildman–Crippen LogP) is 1.69. The van der Waals surface area contributed by atoms with Gasteiger partial charge in [-0.15, -0.1) is 5.26 Å².